The maximum Gasteiger partial charge on any atom is 0.338 e. The first-order valence-corrected chi connectivity index (χ1v) is 12.0. The zero-order chi connectivity index (χ0) is 21.9. The molecule has 0 aromatic heterocycles. The summed E-state index contributed by atoms with van der Waals surface area (Å²) >= 11 is 1.71. The van der Waals surface area contributed by atoms with Crippen molar-refractivity contribution < 1.29 is 19.1 Å². The van der Waals surface area contributed by atoms with Gasteiger partial charge in [0.25, 0.3) is 0 Å². The average molecular weight is 436 g/mol. The third-order valence-corrected chi connectivity index (χ3v) is 6.02. The van der Waals surface area contributed by atoms with E-state index < -0.39 is 5.97 Å². The molecule has 0 unspecified atom stereocenters. The molecule has 2 N–H and O–H groups in total. The highest BCUT2D eigenvalue weighted by molar-refractivity contribution is 7.98. The van der Waals surface area contributed by atoms with Gasteiger partial charge in [0, 0.05) is 37.5 Å². The van der Waals surface area contributed by atoms with Crippen LogP contribution >= 0.6 is 11.8 Å². The van der Waals surface area contributed by atoms with Crippen LogP contribution in [0.3, 0.4) is 0 Å². The van der Waals surface area contributed by atoms with Crippen molar-refractivity contribution in [3.8, 4) is 0 Å². The highest BCUT2D eigenvalue weighted by atomic mass is 32.2. The van der Waals surface area contributed by atoms with Crippen LogP contribution in [0.2, 0.25) is 0 Å². The Balaban J connectivity index is 1.90. The van der Waals surface area contributed by atoms with Crippen LogP contribution in [0.15, 0.2) is 24.3 Å². The van der Waals surface area contributed by atoms with Crippen molar-refractivity contribution in [1.29, 1.82) is 0 Å². The van der Waals surface area contributed by atoms with Gasteiger partial charge in [-0.3, -0.25) is 4.79 Å². The Kier molecular flexibility index (Phi) is 10.00. The Bertz CT molecular complexity index is 728. The largest absolute Gasteiger partial charge is 0.462 e. The summed E-state index contributed by atoms with van der Waals surface area (Å²) in [5.41, 5.74) is 0.973. The molecule has 1 fully saturated rings. The summed E-state index contributed by atoms with van der Waals surface area (Å²) in [4.78, 5) is 38.6. The number of nitrogens with zero attached hydrogens (tertiary/aromatic N) is 1. The van der Waals surface area contributed by atoms with Gasteiger partial charge >= 0.3 is 12.0 Å². The molecule has 1 aliphatic rings. The number of piperidine rings is 1. The van der Waals surface area contributed by atoms with E-state index in [2.05, 4.69) is 17.6 Å². The fourth-order valence-electron chi connectivity index (χ4n) is 3.74. The monoisotopic (exact) mass is 435 g/mol. The molecule has 3 amide bonds. The lowest BCUT2D eigenvalue weighted by molar-refractivity contribution is -0.122. The molecule has 0 saturated carbocycles. The van der Waals surface area contributed by atoms with Crippen molar-refractivity contribution in [2.75, 3.05) is 43.6 Å². The molecule has 0 aliphatic carbocycles. The second-order valence-corrected chi connectivity index (χ2v) is 8.43. The van der Waals surface area contributed by atoms with Gasteiger partial charge in [0.1, 0.15) is 0 Å². The first kappa shape index (κ1) is 24.1. The summed E-state index contributed by atoms with van der Waals surface area (Å²) in [6, 6.07) is 6.58. The number of ether oxygens (including phenoxy) is 1. The van der Waals surface area contributed by atoms with Gasteiger partial charge in [0.05, 0.1) is 12.2 Å². The topological polar surface area (TPSA) is 87.7 Å². The number of carbonyl (C=O) groups is 3. The highest BCUT2D eigenvalue weighted by Gasteiger charge is 2.31. The van der Waals surface area contributed by atoms with Crippen molar-refractivity contribution in [3.05, 3.63) is 29.8 Å². The number of hydrogen-bond acceptors (Lipinski definition) is 5. The van der Waals surface area contributed by atoms with Crippen molar-refractivity contribution in [3.63, 3.8) is 0 Å². The van der Waals surface area contributed by atoms with Crippen molar-refractivity contribution in [2.45, 2.75) is 33.1 Å². The van der Waals surface area contributed by atoms with Gasteiger partial charge in [0.2, 0.25) is 5.91 Å². The lowest BCUT2D eigenvalue weighted by Crippen LogP contribution is -2.46. The molecule has 7 nitrogen and oxygen atoms in total. The SMILES string of the molecule is CCOC(=O)c1cccc(NC(=O)N2CC[C@@H](CC(=O)NCCSC)[C@H](CC)C2)c1. The minimum absolute atomic E-state index is 0.0983. The van der Waals surface area contributed by atoms with Crippen molar-refractivity contribution >= 4 is 35.4 Å². The standard InChI is InChI=1S/C22H33N3O4S/c1-4-16-15-25(11-9-17(16)14-20(26)23-10-12-30-3)22(28)24-19-8-6-7-18(13-19)21(27)29-5-2/h6-8,13,16-17H,4-5,9-12,14-15H2,1-3H3,(H,23,26)(H,24,28)/t16-,17+/m1/s1. The minimum atomic E-state index is -0.406. The fourth-order valence-corrected chi connectivity index (χ4v) is 4.05. The zero-order valence-corrected chi connectivity index (χ0v) is 18.9. The molecule has 30 heavy (non-hydrogen) atoms. The molecule has 1 aromatic rings. The molecule has 0 radical (unpaired) electrons. The van der Waals surface area contributed by atoms with E-state index >= 15 is 0 Å². The number of carbonyl (C=O) groups excluding carboxylic acids is 3. The van der Waals surface area contributed by atoms with E-state index in [9.17, 15) is 14.4 Å². The van der Waals surface area contributed by atoms with Crippen LogP contribution in [0, 0.1) is 11.8 Å². The molecule has 1 heterocycles. The summed E-state index contributed by atoms with van der Waals surface area (Å²) < 4.78 is 5.01. The van der Waals surface area contributed by atoms with Gasteiger partial charge in [0.15, 0.2) is 0 Å². The van der Waals surface area contributed by atoms with Gasteiger partial charge in [-0.15, -0.1) is 0 Å². The Labute approximate surface area is 183 Å². The molecular formula is C22H33N3O4S. The van der Waals surface area contributed by atoms with E-state index in [1.165, 1.54) is 0 Å². The van der Waals surface area contributed by atoms with Crippen LogP contribution in [0.5, 0.6) is 0 Å². The van der Waals surface area contributed by atoms with Crippen LogP contribution in [0.25, 0.3) is 0 Å². The summed E-state index contributed by atoms with van der Waals surface area (Å²) in [6.45, 7) is 6.10. The van der Waals surface area contributed by atoms with E-state index in [4.69, 9.17) is 4.74 Å². The number of thioether (sulfide) groups is 1. The summed E-state index contributed by atoms with van der Waals surface area (Å²) in [7, 11) is 0. The molecule has 1 aliphatic heterocycles. The number of nitrogens with one attached hydrogen (secondary N) is 2. The Hall–Kier alpha value is -2.22. The van der Waals surface area contributed by atoms with Gasteiger partial charge in [-0.1, -0.05) is 19.4 Å². The normalized spacial score (nSPS) is 18.6. The number of urea groups is 1. The molecule has 166 valence electrons. The predicted molar refractivity (Wildman–Crippen MR) is 121 cm³/mol. The number of esters is 1. The van der Waals surface area contributed by atoms with Crippen molar-refractivity contribution in [2.24, 2.45) is 11.8 Å². The van der Waals surface area contributed by atoms with E-state index in [0.717, 1.165) is 18.6 Å². The zero-order valence-electron chi connectivity index (χ0n) is 18.1. The highest BCUT2D eigenvalue weighted by Crippen LogP contribution is 2.29. The summed E-state index contributed by atoms with van der Waals surface area (Å²) in [5.74, 6) is 1.19. The average Bonchev–Trinajstić information content (AvgIpc) is 2.74. The number of likely N-dealkylation sites (tertiary alicyclic amines) is 1. The summed E-state index contributed by atoms with van der Waals surface area (Å²) in [5, 5.41) is 5.86. The van der Waals surface area contributed by atoms with E-state index in [1.54, 1.807) is 47.9 Å². The second kappa shape index (κ2) is 12.5. The van der Waals surface area contributed by atoms with Crippen LogP contribution in [0.4, 0.5) is 10.5 Å². The smallest absolute Gasteiger partial charge is 0.338 e. The van der Waals surface area contributed by atoms with Crippen molar-refractivity contribution in [1.82, 2.24) is 10.2 Å². The maximum absolute atomic E-state index is 12.8. The van der Waals surface area contributed by atoms with Crippen LogP contribution in [-0.2, 0) is 9.53 Å². The maximum atomic E-state index is 12.8. The molecule has 8 heteroatoms. The fraction of sp³-hybridized carbons (Fsp3) is 0.591. The van der Waals surface area contributed by atoms with Crippen LogP contribution in [-0.4, -0.2) is 61.1 Å². The Morgan fingerprint density at radius 3 is 2.73 bits per heavy atom. The molecule has 2 rings (SSSR count). The van der Waals surface area contributed by atoms with Gasteiger partial charge in [-0.2, -0.15) is 11.8 Å². The number of anilines is 1. The van der Waals surface area contributed by atoms with Crippen LogP contribution in [0.1, 0.15) is 43.5 Å². The van der Waals surface area contributed by atoms with E-state index in [1.807, 2.05) is 6.26 Å². The molecule has 1 saturated heterocycles. The molecule has 0 bridgehead atoms. The lowest BCUT2D eigenvalue weighted by Gasteiger charge is -2.38. The third-order valence-electron chi connectivity index (χ3n) is 5.40. The third kappa shape index (κ3) is 7.23. The van der Waals surface area contributed by atoms with E-state index in [-0.39, 0.29) is 11.9 Å². The molecule has 2 atom stereocenters. The quantitative estimate of drug-likeness (QED) is 0.457. The first-order valence-electron chi connectivity index (χ1n) is 10.6. The number of hydrogen-bond donors (Lipinski definition) is 2. The van der Waals surface area contributed by atoms with Gasteiger partial charge < -0.3 is 20.3 Å². The Morgan fingerprint density at radius 2 is 2.03 bits per heavy atom. The first-order chi connectivity index (χ1) is 14.5. The minimum Gasteiger partial charge on any atom is -0.462 e. The van der Waals surface area contributed by atoms with Gasteiger partial charge in [-0.25, -0.2) is 9.59 Å². The molecular weight excluding hydrogens is 402 g/mol. The lowest BCUT2D eigenvalue weighted by atomic mass is 9.81. The predicted octanol–water partition coefficient (Wildman–Crippen LogP) is 3.61. The molecule has 1 aromatic carbocycles. The van der Waals surface area contributed by atoms with Gasteiger partial charge in [-0.05, 0) is 49.6 Å². The van der Waals surface area contributed by atoms with Crippen LogP contribution < -0.4 is 10.6 Å². The second-order valence-electron chi connectivity index (χ2n) is 7.44. The summed E-state index contributed by atoms with van der Waals surface area (Å²) in [6.07, 6.45) is 4.27. The number of benzene rings is 1. The van der Waals surface area contributed by atoms with E-state index in [0.29, 0.717) is 55.7 Å². The number of amides is 3. The number of rotatable bonds is 9. The molecule has 0 spiro atoms. The Morgan fingerprint density at radius 1 is 1.23 bits per heavy atom.